The average Bonchev–Trinajstić information content (AvgIpc) is 1.95. The number of primary sulfonamides is 1. The van der Waals surface area contributed by atoms with Crippen LogP contribution in [0.2, 0.25) is 0 Å². The lowest BCUT2D eigenvalue weighted by atomic mass is 10.3. The fourth-order valence-electron chi connectivity index (χ4n) is 0.793. The minimum absolute atomic E-state index is 0.0221. The van der Waals surface area contributed by atoms with Crippen molar-refractivity contribution in [2.75, 3.05) is 0 Å². The molecule has 1 rings (SSSR count). The van der Waals surface area contributed by atoms with E-state index in [1.807, 2.05) is 0 Å². The zero-order chi connectivity index (χ0) is 10.2. The van der Waals surface area contributed by atoms with Gasteiger partial charge in [-0.3, -0.25) is 0 Å². The van der Waals surface area contributed by atoms with Crippen molar-refractivity contribution in [2.24, 2.45) is 5.14 Å². The van der Waals surface area contributed by atoms with Crippen molar-refractivity contribution in [3.05, 3.63) is 22.4 Å². The highest BCUT2D eigenvalue weighted by Gasteiger charge is 2.20. The normalized spacial score (nSPS) is 11.6. The van der Waals surface area contributed by atoms with Crippen LogP contribution in [0.5, 0.6) is 5.75 Å². The molecule has 0 aromatic heterocycles. The van der Waals surface area contributed by atoms with Crippen LogP contribution in [0.4, 0.5) is 4.39 Å². The summed E-state index contributed by atoms with van der Waals surface area (Å²) in [5, 5.41) is 13.8. The van der Waals surface area contributed by atoms with E-state index in [4.69, 9.17) is 10.2 Å². The Morgan fingerprint density at radius 2 is 2.00 bits per heavy atom. The first-order chi connectivity index (χ1) is 5.84. The Balaban J connectivity index is 3.62. The maximum atomic E-state index is 12.7. The molecule has 0 spiro atoms. The standard InChI is InChI=1S/C6H5BrFNO3S/c7-3-1-2-4(8)5(10)6(3)13(9,11)12/h1-2,10H,(H2,9,11,12). The lowest BCUT2D eigenvalue weighted by molar-refractivity contribution is 0.416. The van der Waals surface area contributed by atoms with Gasteiger partial charge in [-0.05, 0) is 28.1 Å². The minimum atomic E-state index is -4.12. The van der Waals surface area contributed by atoms with Crippen molar-refractivity contribution in [3.63, 3.8) is 0 Å². The topological polar surface area (TPSA) is 80.4 Å². The summed E-state index contributed by atoms with van der Waals surface area (Å²) in [6, 6.07) is 2.07. The van der Waals surface area contributed by atoms with Crippen LogP contribution in [0, 0.1) is 5.82 Å². The van der Waals surface area contributed by atoms with Gasteiger partial charge in [-0.25, -0.2) is 17.9 Å². The number of halogens is 2. The van der Waals surface area contributed by atoms with E-state index in [2.05, 4.69) is 15.9 Å². The zero-order valence-electron chi connectivity index (χ0n) is 6.16. The van der Waals surface area contributed by atoms with Crippen LogP contribution < -0.4 is 5.14 Å². The summed E-state index contributed by atoms with van der Waals surface area (Å²) in [4.78, 5) is -0.646. The Morgan fingerprint density at radius 3 is 2.38 bits per heavy atom. The third kappa shape index (κ3) is 1.98. The summed E-state index contributed by atoms with van der Waals surface area (Å²) in [5.74, 6) is -2.01. The molecule has 1 aromatic carbocycles. The van der Waals surface area contributed by atoms with E-state index in [1.165, 1.54) is 0 Å². The molecule has 0 aliphatic heterocycles. The highest BCUT2D eigenvalue weighted by molar-refractivity contribution is 9.10. The highest BCUT2D eigenvalue weighted by Crippen LogP contribution is 2.31. The number of phenols is 1. The van der Waals surface area contributed by atoms with Crippen molar-refractivity contribution < 1.29 is 17.9 Å². The van der Waals surface area contributed by atoms with Gasteiger partial charge in [-0.1, -0.05) is 0 Å². The Kier molecular flexibility index (Phi) is 2.60. The molecule has 0 saturated heterocycles. The van der Waals surface area contributed by atoms with Crippen molar-refractivity contribution in [3.8, 4) is 5.75 Å². The first-order valence-corrected chi connectivity index (χ1v) is 5.37. The van der Waals surface area contributed by atoms with E-state index in [0.29, 0.717) is 0 Å². The van der Waals surface area contributed by atoms with Crippen LogP contribution in [-0.2, 0) is 10.0 Å². The highest BCUT2D eigenvalue weighted by atomic mass is 79.9. The molecule has 13 heavy (non-hydrogen) atoms. The predicted molar refractivity (Wildman–Crippen MR) is 47.1 cm³/mol. The van der Waals surface area contributed by atoms with E-state index in [-0.39, 0.29) is 4.47 Å². The molecular weight excluding hydrogens is 265 g/mol. The second kappa shape index (κ2) is 3.24. The van der Waals surface area contributed by atoms with Gasteiger partial charge >= 0.3 is 0 Å². The smallest absolute Gasteiger partial charge is 0.242 e. The van der Waals surface area contributed by atoms with Gasteiger partial charge in [0.25, 0.3) is 0 Å². The van der Waals surface area contributed by atoms with Crippen molar-refractivity contribution in [1.29, 1.82) is 0 Å². The quantitative estimate of drug-likeness (QED) is 0.796. The van der Waals surface area contributed by atoms with Crippen LogP contribution in [0.3, 0.4) is 0 Å². The van der Waals surface area contributed by atoms with Gasteiger partial charge < -0.3 is 5.11 Å². The maximum absolute atomic E-state index is 12.7. The van der Waals surface area contributed by atoms with Crippen LogP contribution in [0.25, 0.3) is 0 Å². The van der Waals surface area contributed by atoms with Crippen LogP contribution >= 0.6 is 15.9 Å². The Morgan fingerprint density at radius 1 is 1.46 bits per heavy atom. The molecule has 72 valence electrons. The van der Waals surface area contributed by atoms with Crippen molar-refractivity contribution in [2.45, 2.75) is 4.90 Å². The number of benzene rings is 1. The third-order valence-corrected chi connectivity index (χ3v) is 3.22. The molecule has 0 unspecified atom stereocenters. The van der Waals surface area contributed by atoms with Gasteiger partial charge in [0.05, 0.1) is 0 Å². The van der Waals surface area contributed by atoms with Gasteiger partial charge in [0.15, 0.2) is 11.6 Å². The summed E-state index contributed by atoms with van der Waals surface area (Å²) < 4.78 is 34.4. The number of hydrogen-bond donors (Lipinski definition) is 2. The fourth-order valence-corrected chi connectivity index (χ4v) is 2.50. The van der Waals surface area contributed by atoms with Crippen molar-refractivity contribution in [1.82, 2.24) is 0 Å². The van der Waals surface area contributed by atoms with E-state index in [1.54, 1.807) is 0 Å². The second-order valence-electron chi connectivity index (χ2n) is 2.25. The first kappa shape index (κ1) is 10.4. The Labute approximate surface area is 82.4 Å². The number of nitrogens with two attached hydrogens (primary N) is 1. The third-order valence-electron chi connectivity index (χ3n) is 1.32. The second-order valence-corrected chi connectivity index (χ2v) is 4.60. The molecule has 0 radical (unpaired) electrons. The number of phenolic OH excluding ortho intramolecular Hbond substituents is 1. The Bertz CT molecular complexity index is 445. The molecule has 0 atom stereocenters. The largest absolute Gasteiger partial charge is 0.504 e. The molecule has 0 amide bonds. The van der Waals surface area contributed by atoms with E-state index in [9.17, 15) is 12.8 Å². The van der Waals surface area contributed by atoms with Crippen LogP contribution in [-0.4, -0.2) is 13.5 Å². The molecule has 0 heterocycles. The molecular formula is C6H5BrFNO3S. The minimum Gasteiger partial charge on any atom is -0.504 e. The summed E-state index contributed by atoms with van der Waals surface area (Å²) in [7, 11) is -4.12. The Hall–Kier alpha value is -0.660. The lowest BCUT2D eigenvalue weighted by Crippen LogP contribution is -2.13. The number of rotatable bonds is 1. The monoisotopic (exact) mass is 269 g/mol. The van der Waals surface area contributed by atoms with Gasteiger partial charge in [-0.2, -0.15) is 0 Å². The average molecular weight is 270 g/mol. The molecule has 0 bridgehead atoms. The summed E-state index contributed by atoms with van der Waals surface area (Å²) in [5.41, 5.74) is 0. The zero-order valence-corrected chi connectivity index (χ0v) is 8.56. The predicted octanol–water partition coefficient (Wildman–Crippen LogP) is 0.941. The summed E-state index contributed by atoms with van der Waals surface area (Å²) in [6.45, 7) is 0. The molecule has 1 aromatic rings. The maximum Gasteiger partial charge on any atom is 0.242 e. The molecule has 7 heteroatoms. The lowest BCUT2D eigenvalue weighted by Gasteiger charge is -2.04. The van der Waals surface area contributed by atoms with Gasteiger partial charge in [0, 0.05) is 4.47 Å². The molecule has 0 fully saturated rings. The summed E-state index contributed by atoms with van der Waals surface area (Å²) in [6.07, 6.45) is 0. The van der Waals surface area contributed by atoms with Crippen LogP contribution in [0.1, 0.15) is 0 Å². The van der Waals surface area contributed by atoms with E-state index < -0.39 is 26.5 Å². The molecule has 3 N–H and O–H groups in total. The number of hydrogen-bond acceptors (Lipinski definition) is 3. The molecule has 0 saturated carbocycles. The number of sulfonamides is 1. The summed E-state index contributed by atoms with van der Waals surface area (Å²) >= 11 is 2.83. The van der Waals surface area contributed by atoms with E-state index in [0.717, 1.165) is 12.1 Å². The molecule has 0 aliphatic rings. The molecule has 0 aliphatic carbocycles. The van der Waals surface area contributed by atoms with Crippen LogP contribution in [0.15, 0.2) is 21.5 Å². The fraction of sp³-hybridized carbons (Fsp3) is 0. The van der Waals surface area contributed by atoms with Crippen molar-refractivity contribution >= 4 is 26.0 Å². The SMILES string of the molecule is NS(=O)(=O)c1c(Br)ccc(F)c1O. The van der Waals surface area contributed by atoms with Gasteiger partial charge in [0.2, 0.25) is 10.0 Å². The first-order valence-electron chi connectivity index (χ1n) is 3.04. The molecule has 4 nitrogen and oxygen atoms in total. The number of aromatic hydroxyl groups is 1. The van der Waals surface area contributed by atoms with E-state index >= 15 is 0 Å². The van der Waals surface area contributed by atoms with Gasteiger partial charge in [0.1, 0.15) is 4.90 Å². The van der Waals surface area contributed by atoms with Gasteiger partial charge in [-0.15, -0.1) is 0 Å².